The second kappa shape index (κ2) is 8.13. The lowest BCUT2D eigenvalue weighted by Gasteiger charge is -2.18. The molecule has 3 aliphatic rings. The number of carbonyl (C=O) groups excluding carboxylic acids is 2. The first-order valence-electron chi connectivity index (χ1n) is 10.7. The van der Waals surface area contributed by atoms with Crippen molar-refractivity contribution in [3.63, 3.8) is 0 Å². The zero-order valence-electron chi connectivity index (χ0n) is 18.1. The standard InChI is InChI=1S/C22H31N5O2S/c1-22(2,3)20-26-15(12-30-20)11-25-21(23-4)24-8-5-9-27-18(28)16-13-6-7-14(10-13)17(16)19(27)29/h6-7,12-14,16-17H,5,8-11H2,1-4H3,(H2,23,24,25). The van der Waals surface area contributed by atoms with Crippen LogP contribution in [-0.2, 0) is 21.5 Å². The highest BCUT2D eigenvalue weighted by Crippen LogP contribution is 2.52. The van der Waals surface area contributed by atoms with Crippen molar-refractivity contribution < 1.29 is 9.59 Å². The van der Waals surface area contributed by atoms with Crippen molar-refractivity contribution in [2.24, 2.45) is 28.7 Å². The smallest absolute Gasteiger partial charge is 0.233 e. The number of hydrogen-bond acceptors (Lipinski definition) is 5. The molecule has 1 saturated heterocycles. The molecule has 1 aromatic heterocycles. The van der Waals surface area contributed by atoms with Gasteiger partial charge in [0.25, 0.3) is 0 Å². The summed E-state index contributed by atoms with van der Waals surface area (Å²) in [7, 11) is 1.73. The fraction of sp³-hybridized carbons (Fsp3) is 0.636. The van der Waals surface area contributed by atoms with E-state index in [0.29, 0.717) is 32.0 Å². The average molecular weight is 430 g/mol. The third-order valence-electron chi connectivity index (χ3n) is 6.27. The van der Waals surface area contributed by atoms with E-state index < -0.39 is 0 Å². The van der Waals surface area contributed by atoms with Crippen LogP contribution in [0.15, 0.2) is 22.5 Å². The largest absolute Gasteiger partial charge is 0.356 e. The first-order valence-corrected chi connectivity index (χ1v) is 11.6. The van der Waals surface area contributed by atoms with Crippen LogP contribution in [0.1, 0.15) is 44.3 Å². The predicted octanol–water partition coefficient (Wildman–Crippen LogP) is 2.30. The number of aromatic nitrogens is 1. The number of thiazole rings is 1. The molecule has 2 aliphatic carbocycles. The van der Waals surface area contributed by atoms with Gasteiger partial charge in [-0.3, -0.25) is 19.5 Å². The van der Waals surface area contributed by atoms with Gasteiger partial charge in [-0.05, 0) is 24.7 Å². The van der Waals surface area contributed by atoms with Crippen molar-refractivity contribution in [1.82, 2.24) is 20.5 Å². The van der Waals surface area contributed by atoms with Gasteiger partial charge in [0, 0.05) is 30.9 Å². The lowest BCUT2D eigenvalue weighted by atomic mass is 9.85. The molecule has 2 fully saturated rings. The van der Waals surface area contributed by atoms with Crippen LogP contribution in [0.25, 0.3) is 0 Å². The summed E-state index contributed by atoms with van der Waals surface area (Å²) in [5.74, 6) is 1.08. The van der Waals surface area contributed by atoms with E-state index in [1.54, 1.807) is 18.4 Å². The van der Waals surface area contributed by atoms with Crippen LogP contribution in [0, 0.1) is 23.7 Å². The molecular formula is C22H31N5O2S. The topological polar surface area (TPSA) is 86.7 Å². The normalized spacial score (nSPS) is 27.9. The Kier molecular flexibility index (Phi) is 5.70. The van der Waals surface area contributed by atoms with Gasteiger partial charge in [-0.2, -0.15) is 0 Å². The van der Waals surface area contributed by atoms with Crippen molar-refractivity contribution in [2.45, 2.75) is 45.6 Å². The lowest BCUT2D eigenvalue weighted by molar-refractivity contribution is -0.140. The van der Waals surface area contributed by atoms with Crippen molar-refractivity contribution in [3.05, 3.63) is 28.2 Å². The number of allylic oxidation sites excluding steroid dienone is 2. The molecule has 2 bridgehead atoms. The summed E-state index contributed by atoms with van der Waals surface area (Å²) in [5, 5.41) is 9.73. The van der Waals surface area contributed by atoms with Crippen LogP contribution >= 0.6 is 11.3 Å². The van der Waals surface area contributed by atoms with Crippen LogP contribution < -0.4 is 10.6 Å². The van der Waals surface area contributed by atoms with Crippen LogP contribution in [0.3, 0.4) is 0 Å². The highest BCUT2D eigenvalue weighted by Gasteiger charge is 2.58. The maximum atomic E-state index is 12.7. The molecule has 2 amide bonds. The summed E-state index contributed by atoms with van der Waals surface area (Å²) in [6, 6.07) is 0. The van der Waals surface area contributed by atoms with Gasteiger partial charge in [-0.25, -0.2) is 4.98 Å². The number of hydrogen-bond donors (Lipinski definition) is 2. The minimum atomic E-state index is -0.106. The van der Waals surface area contributed by atoms with Gasteiger partial charge in [0.15, 0.2) is 5.96 Å². The Morgan fingerprint density at radius 2 is 1.87 bits per heavy atom. The van der Waals surface area contributed by atoms with Crippen LogP contribution in [-0.4, -0.2) is 47.8 Å². The van der Waals surface area contributed by atoms with Gasteiger partial charge in [-0.15, -0.1) is 11.3 Å². The Morgan fingerprint density at radius 3 is 2.43 bits per heavy atom. The first kappa shape index (κ1) is 21.0. The highest BCUT2D eigenvalue weighted by atomic mass is 32.1. The molecule has 1 aromatic rings. The van der Waals surface area contributed by atoms with E-state index >= 15 is 0 Å². The summed E-state index contributed by atoms with van der Waals surface area (Å²) in [6.45, 7) is 8.20. The molecule has 2 N–H and O–H groups in total. The summed E-state index contributed by atoms with van der Waals surface area (Å²) in [5.41, 5.74) is 1.05. The second-order valence-corrected chi connectivity index (χ2v) is 10.3. The van der Waals surface area contributed by atoms with Crippen LogP contribution in [0.4, 0.5) is 0 Å². The van der Waals surface area contributed by atoms with Crippen molar-refractivity contribution in [3.8, 4) is 0 Å². The molecule has 0 radical (unpaired) electrons. The maximum Gasteiger partial charge on any atom is 0.233 e. The third-order valence-corrected chi connectivity index (χ3v) is 7.58. The van der Waals surface area contributed by atoms with Gasteiger partial charge in [0.1, 0.15) is 0 Å². The summed E-state index contributed by atoms with van der Waals surface area (Å²) in [4.78, 5) is 35.8. The number of amides is 2. The van der Waals surface area contributed by atoms with Crippen molar-refractivity contribution >= 4 is 29.1 Å². The summed E-state index contributed by atoms with van der Waals surface area (Å²) >= 11 is 1.68. The number of carbonyl (C=O) groups is 2. The van der Waals surface area contributed by atoms with E-state index in [1.807, 2.05) is 0 Å². The average Bonchev–Trinajstić information content (AvgIpc) is 3.47. The molecule has 162 valence electrons. The SMILES string of the molecule is CN=C(NCCCN1C(=O)C2C3C=CC(C3)C2C1=O)NCc1csc(C(C)(C)C)n1. The Balaban J connectivity index is 1.21. The molecule has 4 rings (SSSR count). The lowest BCUT2D eigenvalue weighted by Crippen LogP contribution is -2.39. The second-order valence-electron chi connectivity index (χ2n) is 9.43. The predicted molar refractivity (Wildman–Crippen MR) is 118 cm³/mol. The van der Waals surface area contributed by atoms with E-state index in [-0.39, 0.29) is 40.9 Å². The van der Waals surface area contributed by atoms with E-state index in [9.17, 15) is 9.59 Å². The van der Waals surface area contributed by atoms with E-state index in [1.165, 1.54) is 4.90 Å². The molecule has 1 aliphatic heterocycles. The minimum absolute atomic E-state index is 0.0301. The fourth-order valence-corrected chi connectivity index (χ4v) is 5.66. The minimum Gasteiger partial charge on any atom is -0.356 e. The Morgan fingerprint density at radius 1 is 1.20 bits per heavy atom. The zero-order valence-corrected chi connectivity index (χ0v) is 19.0. The van der Waals surface area contributed by atoms with Gasteiger partial charge >= 0.3 is 0 Å². The number of fused-ring (bicyclic) bond motifs is 5. The van der Waals surface area contributed by atoms with Crippen LogP contribution in [0.2, 0.25) is 0 Å². The molecule has 1 saturated carbocycles. The number of aliphatic imine (C=N–C) groups is 1. The maximum absolute atomic E-state index is 12.7. The summed E-state index contributed by atoms with van der Waals surface area (Å²) < 4.78 is 0. The molecule has 0 spiro atoms. The fourth-order valence-electron chi connectivity index (χ4n) is 4.76. The Hall–Kier alpha value is -2.22. The highest BCUT2D eigenvalue weighted by molar-refractivity contribution is 7.09. The van der Waals surface area contributed by atoms with E-state index in [4.69, 9.17) is 0 Å². The third kappa shape index (κ3) is 3.89. The quantitative estimate of drug-likeness (QED) is 0.238. The van der Waals surface area contributed by atoms with E-state index in [2.05, 4.69) is 58.9 Å². The molecule has 30 heavy (non-hydrogen) atoms. The molecule has 8 heteroatoms. The molecule has 0 aromatic carbocycles. The van der Waals surface area contributed by atoms with Gasteiger partial charge in [-0.1, -0.05) is 32.9 Å². The Labute approximate surface area is 182 Å². The zero-order chi connectivity index (χ0) is 21.5. The summed E-state index contributed by atoms with van der Waals surface area (Å²) in [6.07, 6.45) is 5.93. The monoisotopic (exact) mass is 429 g/mol. The molecule has 7 nitrogen and oxygen atoms in total. The molecule has 2 heterocycles. The van der Waals surface area contributed by atoms with Gasteiger partial charge < -0.3 is 10.6 Å². The van der Waals surface area contributed by atoms with Crippen molar-refractivity contribution in [1.29, 1.82) is 0 Å². The first-order chi connectivity index (χ1) is 14.3. The van der Waals surface area contributed by atoms with Gasteiger partial charge in [0.2, 0.25) is 11.8 Å². The molecular weight excluding hydrogens is 398 g/mol. The van der Waals surface area contributed by atoms with E-state index in [0.717, 1.165) is 17.1 Å². The molecule has 4 unspecified atom stereocenters. The van der Waals surface area contributed by atoms with Gasteiger partial charge in [0.05, 0.1) is 29.1 Å². The number of nitrogens with one attached hydrogen (secondary N) is 2. The number of nitrogens with zero attached hydrogens (tertiary/aromatic N) is 3. The number of rotatable bonds is 6. The number of likely N-dealkylation sites (tertiary alicyclic amines) is 1. The number of guanidine groups is 1. The van der Waals surface area contributed by atoms with Crippen molar-refractivity contribution in [2.75, 3.05) is 20.1 Å². The van der Waals surface area contributed by atoms with Crippen LogP contribution in [0.5, 0.6) is 0 Å². The molecule has 4 atom stereocenters. The number of imide groups is 1. The Bertz CT molecular complexity index is 854.